The van der Waals surface area contributed by atoms with Gasteiger partial charge >= 0.3 is 0 Å². The van der Waals surface area contributed by atoms with Crippen molar-refractivity contribution in [3.63, 3.8) is 0 Å². The number of anilines is 2. The van der Waals surface area contributed by atoms with E-state index in [0.717, 1.165) is 46.1 Å². The molecule has 5 heteroatoms. The van der Waals surface area contributed by atoms with Gasteiger partial charge in [0, 0.05) is 11.3 Å². The monoisotopic (exact) mass is 395 g/mol. The summed E-state index contributed by atoms with van der Waals surface area (Å²) in [6.45, 7) is 4.17. The zero-order valence-electron chi connectivity index (χ0n) is 15.1. The highest BCUT2D eigenvalue weighted by molar-refractivity contribution is 6.34. The average Bonchev–Trinajstić information content (AvgIpc) is 3.03. The number of aromatic nitrogens is 2. The van der Waals surface area contributed by atoms with Crippen molar-refractivity contribution in [2.45, 2.75) is 20.3 Å². The fourth-order valence-corrected chi connectivity index (χ4v) is 3.80. The van der Waals surface area contributed by atoms with E-state index in [9.17, 15) is 0 Å². The summed E-state index contributed by atoms with van der Waals surface area (Å²) in [6, 6.07) is 19.8. The zero-order valence-corrected chi connectivity index (χ0v) is 16.6. The minimum atomic E-state index is 0.665. The van der Waals surface area contributed by atoms with E-state index in [2.05, 4.69) is 22.7 Å². The lowest BCUT2D eigenvalue weighted by atomic mass is 10.1. The van der Waals surface area contributed by atoms with Gasteiger partial charge in [0.2, 0.25) is 0 Å². The number of imidazole rings is 1. The molecular weight excluding hydrogens is 377 g/mol. The summed E-state index contributed by atoms with van der Waals surface area (Å²) >= 11 is 13.0. The molecule has 0 aliphatic rings. The van der Waals surface area contributed by atoms with Crippen LogP contribution in [0.4, 0.5) is 11.5 Å². The van der Waals surface area contributed by atoms with E-state index in [-0.39, 0.29) is 0 Å². The van der Waals surface area contributed by atoms with Crippen LogP contribution < -0.4 is 5.32 Å². The SMILES string of the molecule is CCc1cccc2nc(-c3ccccc3Cl)c(Nc3c(C)cccc3Cl)n12. The molecule has 4 aromatic rings. The fraction of sp³-hybridized carbons (Fsp3) is 0.136. The van der Waals surface area contributed by atoms with Gasteiger partial charge in [-0.05, 0) is 43.2 Å². The Bertz CT molecular complexity index is 1110. The molecule has 0 aliphatic carbocycles. The molecule has 27 heavy (non-hydrogen) atoms. The lowest BCUT2D eigenvalue weighted by Gasteiger charge is -2.15. The third-order valence-electron chi connectivity index (χ3n) is 4.68. The number of nitrogens with zero attached hydrogens (tertiary/aromatic N) is 2. The quantitative estimate of drug-likeness (QED) is 0.406. The summed E-state index contributed by atoms with van der Waals surface area (Å²) in [4.78, 5) is 4.88. The molecule has 0 radical (unpaired) electrons. The van der Waals surface area contributed by atoms with Crippen LogP contribution in [-0.4, -0.2) is 9.38 Å². The van der Waals surface area contributed by atoms with Crippen LogP contribution in [0.1, 0.15) is 18.2 Å². The van der Waals surface area contributed by atoms with Crippen molar-refractivity contribution in [3.05, 3.63) is 82.0 Å². The van der Waals surface area contributed by atoms with E-state index in [1.807, 2.05) is 61.5 Å². The molecule has 2 aromatic carbocycles. The Morgan fingerprint density at radius 3 is 2.41 bits per heavy atom. The molecule has 0 saturated heterocycles. The van der Waals surface area contributed by atoms with Crippen molar-refractivity contribution < 1.29 is 0 Å². The number of hydrogen-bond acceptors (Lipinski definition) is 2. The number of rotatable bonds is 4. The maximum atomic E-state index is 6.49. The Balaban J connectivity index is 2.02. The summed E-state index contributed by atoms with van der Waals surface area (Å²) in [5, 5.41) is 4.88. The lowest BCUT2D eigenvalue weighted by molar-refractivity contribution is 0.983. The van der Waals surface area contributed by atoms with Crippen LogP contribution in [-0.2, 0) is 6.42 Å². The first kappa shape index (κ1) is 17.9. The summed E-state index contributed by atoms with van der Waals surface area (Å²) in [5.41, 5.74) is 5.66. The Kier molecular flexibility index (Phi) is 4.81. The van der Waals surface area contributed by atoms with Gasteiger partial charge in [-0.25, -0.2) is 4.98 Å². The Hall–Kier alpha value is -2.49. The molecule has 0 spiro atoms. The van der Waals surface area contributed by atoms with Crippen LogP contribution in [0.25, 0.3) is 16.9 Å². The third kappa shape index (κ3) is 3.18. The first-order chi connectivity index (χ1) is 13.1. The second-order valence-corrected chi connectivity index (χ2v) is 7.22. The van der Waals surface area contributed by atoms with Crippen LogP contribution in [0, 0.1) is 6.92 Å². The molecule has 2 heterocycles. The molecule has 0 atom stereocenters. The zero-order chi connectivity index (χ0) is 19.0. The average molecular weight is 396 g/mol. The van der Waals surface area contributed by atoms with E-state index in [0.29, 0.717) is 10.0 Å². The third-order valence-corrected chi connectivity index (χ3v) is 5.33. The molecule has 0 fully saturated rings. The first-order valence-corrected chi connectivity index (χ1v) is 9.63. The van der Waals surface area contributed by atoms with Crippen molar-refractivity contribution in [1.82, 2.24) is 9.38 Å². The number of fused-ring (bicyclic) bond motifs is 1. The number of hydrogen-bond donors (Lipinski definition) is 1. The number of para-hydroxylation sites is 1. The summed E-state index contributed by atoms with van der Waals surface area (Å²) < 4.78 is 2.14. The van der Waals surface area contributed by atoms with Crippen LogP contribution in [0.3, 0.4) is 0 Å². The van der Waals surface area contributed by atoms with Gasteiger partial charge in [0.1, 0.15) is 17.2 Å². The van der Waals surface area contributed by atoms with Crippen molar-refractivity contribution in [2.24, 2.45) is 0 Å². The molecule has 2 aromatic heterocycles. The van der Waals surface area contributed by atoms with E-state index < -0.39 is 0 Å². The lowest BCUT2D eigenvalue weighted by Crippen LogP contribution is -2.03. The van der Waals surface area contributed by atoms with Crippen molar-refractivity contribution in [3.8, 4) is 11.3 Å². The van der Waals surface area contributed by atoms with Crippen LogP contribution in [0.5, 0.6) is 0 Å². The highest BCUT2D eigenvalue weighted by atomic mass is 35.5. The van der Waals surface area contributed by atoms with Crippen LogP contribution in [0.2, 0.25) is 10.0 Å². The maximum Gasteiger partial charge on any atom is 0.143 e. The molecule has 136 valence electrons. The molecule has 0 amide bonds. The highest BCUT2D eigenvalue weighted by Gasteiger charge is 2.19. The smallest absolute Gasteiger partial charge is 0.143 e. The Morgan fingerprint density at radius 2 is 1.67 bits per heavy atom. The normalized spacial score (nSPS) is 11.1. The molecular formula is C22H19Cl2N3. The highest BCUT2D eigenvalue weighted by Crippen LogP contribution is 2.38. The van der Waals surface area contributed by atoms with Crippen LogP contribution in [0.15, 0.2) is 60.7 Å². The van der Waals surface area contributed by atoms with Crippen molar-refractivity contribution in [1.29, 1.82) is 0 Å². The van der Waals surface area contributed by atoms with E-state index >= 15 is 0 Å². The number of aryl methyl sites for hydroxylation is 2. The van der Waals surface area contributed by atoms with E-state index in [1.54, 1.807) is 0 Å². The van der Waals surface area contributed by atoms with Gasteiger partial charge in [0.05, 0.1) is 15.7 Å². The second-order valence-electron chi connectivity index (χ2n) is 6.41. The molecule has 0 saturated carbocycles. The Labute approximate surface area is 168 Å². The largest absolute Gasteiger partial charge is 0.338 e. The standard InChI is InChI=1S/C22H19Cl2N3/c1-3-15-9-7-13-19-25-21(16-10-4-5-11-17(16)23)22(27(15)19)26-20-14(2)8-6-12-18(20)24/h4-13,26H,3H2,1-2H3. The van der Waals surface area contributed by atoms with Gasteiger partial charge in [0.15, 0.2) is 0 Å². The van der Waals surface area contributed by atoms with Gasteiger partial charge in [0.25, 0.3) is 0 Å². The number of pyridine rings is 1. The predicted octanol–water partition coefficient (Wildman–Crippen LogP) is 6.92. The van der Waals surface area contributed by atoms with Crippen molar-refractivity contribution in [2.75, 3.05) is 5.32 Å². The number of nitrogens with one attached hydrogen (secondary N) is 1. The second kappa shape index (κ2) is 7.26. The van der Waals surface area contributed by atoms with Gasteiger partial charge < -0.3 is 5.32 Å². The molecule has 3 nitrogen and oxygen atoms in total. The van der Waals surface area contributed by atoms with E-state index in [4.69, 9.17) is 28.2 Å². The number of benzene rings is 2. The predicted molar refractivity (Wildman–Crippen MR) is 114 cm³/mol. The summed E-state index contributed by atoms with van der Waals surface area (Å²) in [5.74, 6) is 0.867. The maximum absolute atomic E-state index is 6.49. The summed E-state index contributed by atoms with van der Waals surface area (Å²) in [7, 11) is 0. The van der Waals surface area contributed by atoms with Gasteiger partial charge in [-0.1, -0.05) is 66.5 Å². The topological polar surface area (TPSA) is 29.3 Å². The molecule has 0 unspecified atom stereocenters. The molecule has 0 aliphatic heterocycles. The molecule has 0 bridgehead atoms. The van der Waals surface area contributed by atoms with Gasteiger partial charge in [-0.15, -0.1) is 0 Å². The Morgan fingerprint density at radius 1 is 0.926 bits per heavy atom. The summed E-state index contributed by atoms with van der Waals surface area (Å²) in [6.07, 6.45) is 0.881. The minimum Gasteiger partial charge on any atom is -0.338 e. The minimum absolute atomic E-state index is 0.665. The van der Waals surface area contributed by atoms with Crippen molar-refractivity contribution >= 4 is 40.4 Å². The molecule has 4 rings (SSSR count). The van der Waals surface area contributed by atoms with Gasteiger partial charge in [-0.2, -0.15) is 0 Å². The van der Waals surface area contributed by atoms with Gasteiger partial charge in [-0.3, -0.25) is 4.40 Å². The van der Waals surface area contributed by atoms with Crippen LogP contribution >= 0.6 is 23.2 Å². The number of halogens is 2. The first-order valence-electron chi connectivity index (χ1n) is 8.87. The fourth-order valence-electron chi connectivity index (χ4n) is 3.30. The van der Waals surface area contributed by atoms with E-state index in [1.165, 1.54) is 0 Å². The molecule has 1 N–H and O–H groups in total.